The normalized spacial score (nSPS) is 18.5. The van der Waals surface area contributed by atoms with Crippen molar-refractivity contribution >= 4 is 17.5 Å². The van der Waals surface area contributed by atoms with Crippen molar-refractivity contribution in [2.24, 2.45) is 5.92 Å². The van der Waals surface area contributed by atoms with Crippen molar-refractivity contribution in [2.75, 3.05) is 6.61 Å². The molecule has 0 spiro atoms. The summed E-state index contributed by atoms with van der Waals surface area (Å²) in [4.78, 5) is 35.8. The van der Waals surface area contributed by atoms with E-state index in [1.165, 1.54) is 64.2 Å². The van der Waals surface area contributed by atoms with Gasteiger partial charge in [0.15, 0.2) is 0 Å². The average molecular weight is 459 g/mol. The van der Waals surface area contributed by atoms with Crippen molar-refractivity contribution in [2.45, 2.75) is 109 Å². The lowest BCUT2D eigenvalue weighted by Crippen LogP contribution is -2.33. The number of benzene rings is 1. The topological polar surface area (TPSA) is 80.7 Å². The first-order valence-corrected chi connectivity index (χ1v) is 13.0. The molecule has 1 aliphatic carbocycles. The van der Waals surface area contributed by atoms with Gasteiger partial charge in [0.2, 0.25) is 0 Å². The maximum absolute atomic E-state index is 12.4. The Morgan fingerprint density at radius 3 is 2.09 bits per heavy atom. The van der Waals surface area contributed by atoms with Crippen molar-refractivity contribution in [1.29, 1.82) is 0 Å². The SMILES string of the molecule is CCCCCCCCCCCCCCOc1ccccc1C1CC(=O)CC(=O)C1CC(=O)O. The molecule has 2 rings (SSSR count). The Morgan fingerprint density at radius 2 is 1.48 bits per heavy atom. The third-order valence-corrected chi connectivity index (χ3v) is 6.69. The Balaban J connectivity index is 1.72. The molecule has 0 radical (unpaired) electrons. The number of carboxylic acids is 1. The molecule has 0 saturated heterocycles. The van der Waals surface area contributed by atoms with Crippen LogP contribution in [0.25, 0.3) is 0 Å². The van der Waals surface area contributed by atoms with Crippen molar-refractivity contribution < 1.29 is 24.2 Å². The number of ketones is 2. The maximum Gasteiger partial charge on any atom is 0.304 e. The van der Waals surface area contributed by atoms with Crippen LogP contribution in [0.4, 0.5) is 0 Å². The first-order valence-electron chi connectivity index (χ1n) is 13.0. The summed E-state index contributed by atoms with van der Waals surface area (Å²) < 4.78 is 6.04. The van der Waals surface area contributed by atoms with Crippen molar-refractivity contribution in [3.05, 3.63) is 29.8 Å². The van der Waals surface area contributed by atoms with Gasteiger partial charge in [0, 0.05) is 18.3 Å². The summed E-state index contributed by atoms with van der Waals surface area (Å²) in [5.74, 6) is -1.83. The number of rotatable bonds is 17. The smallest absolute Gasteiger partial charge is 0.304 e. The molecule has 0 heterocycles. The van der Waals surface area contributed by atoms with E-state index < -0.39 is 17.8 Å². The van der Waals surface area contributed by atoms with Crippen molar-refractivity contribution in [3.8, 4) is 5.75 Å². The zero-order chi connectivity index (χ0) is 23.9. The Hall–Kier alpha value is -2.17. The second kappa shape index (κ2) is 15.6. The number of carbonyl (C=O) groups is 3. The molecule has 0 aliphatic heterocycles. The molecular formula is C28H42O5. The molecule has 0 bridgehead atoms. The van der Waals surface area contributed by atoms with Gasteiger partial charge in [-0.25, -0.2) is 0 Å². The number of hydrogen-bond donors (Lipinski definition) is 1. The van der Waals surface area contributed by atoms with Gasteiger partial charge >= 0.3 is 5.97 Å². The van der Waals surface area contributed by atoms with Crippen LogP contribution < -0.4 is 4.74 Å². The molecule has 5 nitrogen and oxygen atoms in total. The standard InChI is InChI=1S/C28H42O5/c1-2-3-4-5-6-7-8-9-10-11-12-15-18-33-27-17-14-13-16-23(27)24-19-22(29)20-26(30)25(24)21-28(31)32/h13-14,16-17,24-25H,2-12,15,18-21H2,1H3,(H,31,32). The highest BCUT2D eigenvalue weighted by Crippen LogP contribution is 2.40. The van der Waals surface area contributed by atoms with Crippen LogP contribution in [-0.4, -0.2) is 29.2 Å². The highest BCUT2D eigenvalue weighted by Gasteiger charge is 2.39. The molecule has 1 aromatic rings. The zero-order valence-electron chi connectivity index (χ0n) is 20.4. The van der Waals surface area contributed by atoms with Crippen LogP contribution in [0.1, 0.15) is 115 Å². The Morgan fingerprint density at radius 1 is 0.909 bits per heavy atom. The fourth-order valence-electron chi connectivity index (χ4n) is 4.82. The number of Topliss-reactive ketones (excluding diaryl/α,β-unsaturated/α-hetero) is 2. The minimum Gasteiger partial charge on any atom is -0.493 e. The summed E-state index contributed by atoms with van der Waals surface area (Å²) in [5.41, 5.74) is 0.782. The first kappa shape index (κ1) is 27.1. The molecule has 1 saturated carbocycles. The maximum atomic E-state index is 12.4. The third kappa shape index (κ3) is 10.1. The van der Waals surface area contributed by atoms with E-state index in [9.17, 15) is 19.5 Å². The minimum atomic E-state index is -1.01. The molecule has 33 heavy (non-hydrogen) atoms. The molecule has 5 heteroatoms. The number of hydrogen-bond acceptors (Lipinski definition) is 4. The van der Waals surface area contributed by atoms with Crippen LogP contribution in [0.3, 0.4) is 0 Å². The van der Waals surface area contributed by atoms with E-state index in [1.54, 1.807) is 0 Å². The Bertz CT molecular complexity index is 742. The lowest BCUT2D eigenvalue weighted by molar-refractivity contribution is -0.143. The predicted molar refractivity (Wildman–Crippen MR) is 131 cm³/mol. The van der Waals surface area contributed by atoms with E-state index in [2.05, 4.69) is 6.92 Å². The second-order valence-electron chi connectivity index (χ2n) is 9.47. The molecule has 1 fully saturated rings. The van der Waals surface area contributed by atoms with Crippen LogP contribution in [-0.2, 0) is 14.4 Å². The monoisotopic (exact) mass is 458 g/mol. The number of para-hydroxylation sites is 1. The summed E-state index contributed by atoms with van der Waals surface area (Å²) >= 11 is 0. The summed E-state index contributed by atoms with van der Waals surface area (Å²) in [5, 5.41) is 9.25. The second-order valence-corrected chi connectivity index (χ2v) is 9.47. The molecule has 1 N–H and O–H groups in total. The molecule has 0 amide bonds. The molecule has 0 aromatic heterocycles. The average Bonchev–Trinajstić information content (AvgIpc) is 2.78. The van der Waals surface area contributed by atoms with Gasteiger partial charge in [-0.15, -0.1) is 0 Å². The van der Waals surface area contributed by atoms with Crippen molar-refractivity contribution in [1.82, 2.24) is 0 Å². The summed E-state index contributed by atoms with van der Waals surface area (Å²) in [6.07, 6.45) is 15.2. The lowest BCUT2D eigenvalue weighted by atomic mass is 9.72. The van der Waals surface area contributed by atoms with E-state index >= 15 is 0 Å². The summed E-state index contributed by atoms with van der Waals surface area (Å²) in [7, 11) is 0. The fourth-order valence-corrected chi connectivity index (χ4v) is 4.82. The molecule has 1 aromatic carbocycles. The van der Waals surface area contributed by atoms with Gasteiger partial charge in [-0.05, 0) is 18.1 Å². The van der Waals surface area contributed by atoms with Gasteiger partial charge in [-0.3, -0.25) is 14.4 Å². The van der Waals surface area contributed by atoms with Crippen LogP contribution in [0.15, 0.2) is 24.3 Å². The fraction of sp³-hybridized carbons (Fsp3) is 0.679. The van der Waals surface area contributed by atoms with Gasteiger partial charge < -0.3 is 9.84 Å². The van der Waals surface area contributed by atoms with Gasteiger partial charge in [0.05, 0.1) is 19.4 Å². The van der Waals surface area contributed by atoms with E-state index in [4.69, 9.17) is 4.74 Å². The Kier molecular flexibility index (Phi) is 12.8. The molecule has 1 aliphatic rings. The van der Waals surface area contributed by atoms with Crippen LogP contribution in [0, 0.1) is 5.92 Å². The number of aliphatic carboxylic acids is 1. The zero-order valence-corrected chi connectivity index (χ0v) is 20.4. The van der Waals surface area contributed by atoms with E-state index in [-0.39, 0.29) is 30.8 Å². The molecular weight excluding hydrogens is 416 g/mol. The summed E-state index contributed by atoms with van der Waals surface area (Å²) in [6, 6.07) is 7.45. The lowest BCUT2D eigenvalue weighted by Gasteiger charge is -2.30. The highest BCUT2D eigenvalue weighted by molar-refractivity contribution is 6.04. The quantitative estimate of drug-likeness (QED) is 0.203. The number of carbonyl (C=O) groups excluding carboxylic acids is 2. The molecule has 2 atom stereocenters. The number of ether oxygens (including phenoxy) is 1. The minimum absolute atomic E-state index is 0.123. The van der Waals surface area contributed by atoms with E-state index in [0.717, 1.165) is 18.4 Å². The first-order chi connectivity index (χ1) is 16.0. The van der Waals surface area contributed by atoms with Crippen LogP contribution in [0.5, 0.6) is 5.75 Å². The van der Waals surface area contributed by atoms with Crippen molar-refractivity contribution in [3.63, 3.8) is 0 Å². The predicted octanol–water partition coefficient (Wildman–Crippen LogP) is 6.87. The molecule has 2 unspecified atom stereocenters. The van der Waals surface area contributed by atoms with Gasteiger partial charge in [0.1, 0.15) is 17.3 Å². The van der Waals surface area contributed by atoms with E-state index in [1.807, 2.05) is 24.3 Å². The number of unbranched alkanes of at least 4 members (excludes halogenated alkanes) is 11. The Labute approximate surface area is 199 Å². The van der Waals surface area contributed by atoms with Crippen LogP contribution in [0.2, 0.25) is 0 Å². The van der Waals surface area contributed by atoms with Gasteiger partial charge in [-0.2, -0.15) is 0 Å². The van der Waals surface area contributed by atoms with Gasteiger partial charge in [-0.1, -0.05) is 95.8 Å². The third-order valence-electron chi connectivity index (χ3n) is 6.69. The summed E-state index contributed by atoms with van der Waals surface area (Å²) in [6.45, 7) is 2.84. The largest absolute Gasteiger partial charge is 0.493 e. The number of carboxylic acid groups (broad SMARTS) is 1. The molecule has 184 valence electrons. The highest BCUT2D eigenvalue weighted by atomic mass is 16.5. The van der Waals surface area contributed by atoms with Crippen LogP contribution >= 0.6 is 0 Å². The van der Waals surface area contributed by atoms with Gasteiger partial charge in [0.25, 0.3) is 0 Å². The van der Waals surface area contributed by atoms with E-state index in [0.29, 0.717) is 12.4 Å².